The minimum Gasteiger partial charge on any atom is -0.479 e. The number of para-hydroxylation sites is 1. The summed E-state index contributed by atoms with van der Waals surface area (Å²) in [6.45, 7) is 2.24. The van der Waals surface area contributed by atoms with Crippen LogP contribution in [0.15, 0.2) is 48.7 Å². The molecule has 0 bridgehead atoms. The van der Waals surface area contributed by atoms with Crippen LogP contribution in [0.1, 0.15) is 16.2 Å². The van der Waals surface area contributed by atoms with E-state index in [1.165, 1.54) is 0 Å². The van der Waals surface area contributed by atoms with Crippen molar-refractivity contribution in [1.29, 1.82) is 0 Å². The third-order valence-corrected chi connectivity index (χ3v) is 3.83. The molecule has 0 saturated carbocycles. The van der Waals surface area contributed by atoms with E-state index >= 15 is 0 Å². The van der Waals surface area contributed by atoms with Crippen LogP contribution in [-0.2, 0) is 0 Å². The maximum atomic E-state index is 12.4. The second-order valence-corrected chi connectivity index (χ2v) is 5.64. The number of aromatic nitrogens is 2. The number of ether oxygens (including phenoxy) is 1. The van der Waals surface area contributed by atoms with Crippen LogP contribution < -0.4 is 10.1 Å². The average Bonchev–Trinajstić information content (AvgIpc) is 2.95. The van der Waals surface area contributed by atoms with E-state index in [2.05, 4.69) is 22.1 Å². The summed E-state index contributed by atoms with van der Waals surface area (Å²) in [7, 11) is 0. The molecule has 0 fully saturated rings. The number of carbonyl (C=O) groups excluding carboxylic acids is 1. The van der Waals surface area contributed by atoms with Gasteiger partial charge in [0.25, 0.3) is 5.91 Å². The Kier molecular flexibility index (Phi) is 5.22. The van der Waals surface area contributed by atoms with Crippen LogP contribution >= 0.6 is 11.6 Å². The Morgan fingerprint density at radius 1 is 1.24 bits per heavy atom. The number of rotatable bonds is 4. The van der Waals surface area contributed by atoms with Gasteiger partial charge in [-0.1, -0.05) is 41.6 Å². The fourth-order valence-electron chi connectivity index (χ4n) is 2.38. The summed E-state index contributed by atoms with van der Waals surface area (Å²) in [5.74, 6) is 6.08. The van der Waals surface area contributed by atoms with E-state index in [9.17, 15) is 4.79 Å². The molecule has 0 aliphatic rings. The van der Waals surface area contributed by atoms with E-state index < -0.39 is 0 Å². The van der Waals surface area contributed by atoms with Gasteiger partial charge in [-0.05, 0) is 31.2 Å². The predicted octanol–water partition coefficient (Wildman–Crippen LogP) is 3.11. The highest BCUT2D eigenvalue weighted by Crippen LogP contribution is 2.22. The van der Waals surface area contributed by atoms with Crippen molar-refractivity contribution >= 4 is 23.2 Å². The normalized spacial score (nSPS) is 10.2. The summed E-state index contributed by atoms with van der Waals surface area (Å²) in [5, 5.41) is 3.32. The van der Waals surface area contributed by atoms with E-state index in [1.54, 1.807) is 16.5 Å². The van der Waals surface area contributed by atoms with Crippen molar-refractivity contribution in [2.75, 3.05) is 13.2 Å². The lowest BCUT2D eigenvalue weighted by atomic mass is 10.3. The first-order valence-corrected chi connectivity index (χ1v) is 8.09. The molecule has 0 aliphatic heterocycles. The number of halogens is 1. The molecular weight excluding hydrogens is 338 g/mol. The van der Waals surface area contributed by atoms with Crippen LogP contribution in [0.4, 0.5) is 0 Å². The van der Waals surface area contributed by atoms with Crippen molar-refractivity contribution in [2.24, 2.45) is 0 Å². The standard InChI is InChI=1S/C19H16ClN3O2/c1-14-18(23-12-6-4-10-17(23)22-14)19(24)21-11-5-7-13-25-16-9-3-2-8-15(16)20/h2-4,6,8-10,12H,11,13H2,1H3,(H,21,24). The van der Waals surface area contributed by atoms with Crippen LogP contribution in [0.3, 0.4) is 0 Å². The van der Waals surface area contributed by atoms with Gasteiger partial charge in [0, 0.05) is 6.20 Å². The Bertz CT molecular complexity index is 969. The second kappa shape index (κ2) is 7.73. The zero-order chi connectivity index (χ0) is 17.6. The third kappa shape index (κ3) is 3.93. The molecule has 0 unspecified atom stereocenters. The summed E-state index contributed by atoms with van der Waals surface area (Å²) in [6.07, 6.45) is 1.81. The van der Waals surface area contributed by atoms with E-state index in [1.807, 2.05) is 43.5 Å². The summed E-state index contributed by atoms with van der Waals surface area (Å²) in [4.78, 5) is 16.7. The minimum absolute atomic E-state index is 0.203. The van der Waals surface area contributed by atoms with Gasteiger partial charge in [0.05, 0.1) is 17.3 Å². The molecule has 0 spiro atoms. The van der Waals surface area contributed by atoms with Crippen molar-refractivity contribution in [3.63, 3.8) is 0 Å². The van der Waals surface area contributed by atoms with Gasteiger partial charge >= 0.3 is 0 Å². The Balaban J connectivity index is 1.55. The lowest BCUT2D eigenvalue weighted by molar-refractivity contribution is 0.0952. The summed E-state index contributed by atoms with van der Waals surface area (Å²) in [6, 6.07) is 12.8. The van der Waals surface area contributed by atoms with Crippen LogP contribution in [0.5, 0.6) is 5.75 Å². The molecular formula is C19H16ClN3O2. The Hall–Kier alpha value is -2.97. The lowest BCUT2D eigenvalue weighted by Gasteiger charge is -2.03. The zero-order valence-corrected chi connectivity index (χ0v) is 14.4. The van der Waals surface area contributed by atoms with Crippen LogP contribution in [0.25, 0.3) is 5.65 Å². The van der Waals surface area contributed by atoms with Gasteiger partial charge in [-0.15, -0.1) is 0 Å². The van der Waals surface area contributed by atoms with Gasteiger partial charge in [-0.3, -0.25) is 9.20 Å². The maximum absolute atomic E-state index is 12.4. The highest BCUT2D eigenvalue weighted by molar-refractivity contribution is 6.32. The number of hydrogen-bond donors (Lipinski definition) is 1. The number of carbonyl (C=O) groups is 1. The molecule has 2 aromatic heterocycles. The molecule has 5 nitrogen and oxygen atoms in total. The number of pyridine rings is 1. The Morgan fingerprint density at radius 2 is 2.04 bits per heavy atom. The van der Waals surface area contributed by atoms with E-state index in [0.717, 1.165) is 5.65 Å². The molecule has 3 aromatic rings. The molecule has 1 N–H and O–H groups in total. The molecule has 126 valence electrons. The predicted molar refractivity (Wildman–Crippen MR) is 97.0 cm³/mol. The molecule has 3 rings (SSSR count). The number of amides is 1. The van der Waals surface area contributed by atoms with Gasteiger partial charge in [-0.2, -0.15) is 0 Å². The van der Waals surface area contributed by atoms with Gasteiger partial charge in [0.15, 0.2) is 0 Å². The Morgan fingerprint density at radius 3 is 2.88 bits per heavy atom. The fourth-order valence-corrected chi connectivity index (χ4v) is 2.57. The van der Waals surface area contributed by atoms with Gasteiger partial charge in [0.2, 0.25) is 0 Å². The zero-order valence-electron chi connectivity index (χ0n) is 13.6. The first-order chi connectivity index (χ1) is 12.2. The lowest BCUT2D eigenvalue weighted by Crippen LogP contribution is -2.25. The first kappa shape index (κ1) is 16.9. The largest absolute Gasteiger partial charge is 0.479 e. The number of hydrogen-bond acceptors (Lipinski definition) is 3. The fraction of sp³-hybridized carbons (Fsp3) is 0.158. The average molecular weight is 354 g/mol. The number of imidazole rings is 1. The van der Waals surface area contributed by atoms with Crippen molar-refractivity contribution in [3.8, 4) is 17.6 Å². The number of nitrogens with zero attached hydrogens (tertiary/aromatic N) is 2. The van der Waals surface area contributed by atoms with Crippen molar-refractivity contribution in [2.45, 2.75) is 6.92 Å². The van der Waals surface area contributed by atoms with E-state index in [4.69, 9.17) is 16.3 Å². The molecule has 1 aromatic carbocycles. The minimum atomic E-state index is -0.211. The molecule has 25 heavy (non-hydrogen) atoms. The molecule has 2 heterocycles. The highest BCUT2D eigenvalue weighted by atomic mass is 35.5. The van der Waals surface area contributed by atoms with Crippen LogP contribution in [-0.4, -0.2) is 28.4 Å². The second-order valence-electron chi connectivity index (χ2n) is 5.23. The summed E-state index contributed by atoms with van der Waals surface area (Å²) in [5.41, 5.74) is 1.94. The maximum Gasteiger partial charge on any atom is 0.270 e. The van der Waals surface area contributed by atoms with E-state index in [0.29, 0.717) is 22.2 Å². The van der Waals surface area contributed by atoms with Crippen molar-refractivity contribution < 1.29 is 9.53 Å². The van der Waals surface area contributed by atoms with E-state index in [-0.39, 0.29) is 19.1 Å². The van der Waals surface area contributed by atoms with Crippen molar-refractivity contribution in [3.05, 3.63) is 65.1 Å². The van der Waals surface area contributed by atoms with Gasteiger partial charge in [0.1, 0.15) is 23.7 Å². The summed E-state index contributed by atoms with van der Waals surface area (Å²) >= 11 is 5.99. The monoisotopic (exact) mass is 353 g/mol. The van der Waals surface area contributed by atoms with Gasteiger partial charge in [-0.25, -0.2) is 4.98 Å². The van der Waals surface area contributed by atoms with Crippen LogP contribution in [0, 0.1) is 18.8 Å². The topological polar surface area (TPSA) is 55.6 Å². The highest BCUT2D eigenvalue weighted by Gasteiger charge is 2.15. The van der Waals surface area contributed by atoms with Crippen molar-refractivity contribution in [1.82, 2.24) is 14.7 Å². The molecule has 6 heteroatoms. The number of nitrogens with one attached hydrogen (secondary N) is 1. The number of benzene rings is 1. The third-order valence-electron chi connectivity index (χ3n) is 3.52. The molecule has 0 saturated heterocycles. The summed E-state index contributed by atoms with van der Waals surface area (Å²) < 4.78 is 7.22. The van der Waals surface area contributed by atoms with Gasteiger partial charge < -0.3 is 10.1 Å². The molecule has 1 amide bonds. The quantitative estimate of drug-likeness (QED) is 0.733. The van der Waals surface area contributed by atoms with Crippen LogP contribution in [0.2, 0.25) is 5.02 Å². The molecule has 0 atom stereocenters. The number of aryl methyl sites for hydroxylation is 1. The smallest absolute Gasteiger partial charge is 0.270 e. The number of fused-ring (bicyclic) bond motifs is 1. The molecule has 0 radical (unpaired) electrons. The Labute approximate surface area is 150 Å². The first-order valence-electron chi connectivity index (χ1n) is 7.72. The molecule has 0 aliphatic carbocycles. The SMILES string of the molecule is Cc1nc2ccccn2c1C(=O)NCC#CCOc1ccccc1Cl.